The first kappa shape index (κ1) is 11.4. The standard InChI is InChI=1S/C13H14N2O2/c1-17-12-5-3-2-4-10(12)8-11(16)9-13-14-6-7-15-13/h2-7H,8-9H2,1H3,(H,14,15). The summed E-state index contributed by atoms with van der Waals surface area (Å²) in [5, 5.41) is 0. The summed E-state index contributed by atoms with van der Waals surface area (Å²) < 4.78 is 5.21. The summed E-state index contributed by atoms with van der Waals surface area (Å²) in [7, 11) is 1.61. The summed E-state index contributed by atoms with van der Waals surface area (Å²) in [6.45, 7) is 0. The fourth-order valence-electron chi connectivity index (χ4n) is 1.71. The first-order chi connectivity index (χ1) is 8.29. The van der Waals surface area contributed by atoms with Crippen LogP contribution in [0.5, 0.6) is 5.75 Å². The summed E-state index contributed by atoms with van der Waals surface area (Å²) >= 11 is 0. The number of ketones is 1. The van der Waals surface area contributed by atoms with E-state index in [2.05, 4.69) is 9.97 Å². The highest BCUT2D eigenvalue weighted by Gasteiger charge is 2.09. The maximum absolute atomic E-state index is 11.8. The van der Waals surface area contributed by atoms with Crippen molar-refractivity contribution in [2.75, 3.05) is 7.11 Å². The molecule has 0 atom stereocenters. The van der Waals surface area contributed by atoms with Crippen molar-refractivity contribution in [1.82, 2.24) is 9.97 Å². The highest BCUT2D eigenvalue weighted by molar-refractivity contribution is 5.83. The average Bonchev–Trinajstić information content (AvgIpc) is 2.82. The van der Waals surface area contributed by atoms with Gasteiger partial charge < -0.3 is 9.72 Å². The van der Waals surface area contributed by atoms with Crippen LogP contribution in [0.25, 0.3) is 0 Å². The van der Waals surface area contributed by atoms with Crippen LogP contribution in [0.15, 0.2) is 36.7 Å². The van der Waals surface area contributed by atoms with Crippen molar-refractivity contribution in [3.63, 3.8) is 0 Å². The Hall–Kier alpha value is -2.10. The van der Waals surface area contributed by atoms with Crippen molar-refractivity contribution >= 4 is 5.78 Å². The zero-order chi connectivity index (χ0) is 12.1. The predicted octanol–water partition coefficient (Wildman–Crippen LogP) is 1.77. The fraction of sp³-hybridized carbons (Fsp3) is 0.231. The van der Waals surface area contributed by atoms with Gasteiger partial charge >= 0.3 is 0 Å². The van der Waals surface area contributed by atoms with Gasteiger partial charge in [-0.1, -0.05) is 18.2 Å². The minimum atomic E-state index is 0.115. The molecule has 0 aliphatic carbocycles. The molecule has 0 radical (unpaired) electrons. The Morgan fingerprint density at radius 1 is 1.35 bits per heavy atom. The normalized spacial score (nSPS) is 10.2. The molecule has 1 N–H and O–H groups in total. The van der Waals surface area contributed by atoms with Crippen molar-refractivity contribution in [2.24, 2.45) is 0 Å². The molecule has 0 fully saturated rings. The minimum Gasteiger partial charge on any atom is -0.496 e. The van der Waals surface area contributed by atoms with E-state index < -0.39 is 0 Å². The fourth-order valence-corrected chi connectivity index (χ4v) is 1.71. The third-order valence-corrected chi connectivity index (χ3v) is 2.50. The molecule has 1 aromatic carbocycles. The summed E-state index contributed by atoms with van der Waals surface area (Å²) in [6, 6.07) is 7.55. The van der Waals surface area contributed by atoms with Crippen LogP contribution in [-0.2, 0) is 17.6 Å². The van der Waals surface area contributed by atoms with E-state index in [0.717, 1.165) is 11.3 Å². The molecule has 1 heterocycles. The number of benzene rings is 1. The molecule has 0 unspecified atom stereocenters. The second kappa shape index (κ2) is 5.30. The van der Waals surface area contributed by atoms with Gasteiger partial charge in [0.15, 0.2) is 0 Å². The smallest absolute Gasteiger partial charge is 0.144 e. The van der Waals surface area contributed by atoms with Gasteiger partial charge in [0, 0.05) is 24.4 Å². The van der Waals surface area contributed by atoms with Crippen LogP contribution in [-0.4, -0.2) is 22.9 Å². The number of ether oxygens (including phenoxy) is 1. The number of aromatic amines is 1. The van der Waals surface area contributed by atoms with Crippen molar-refractivity contribution in [1.29, 1.82) is 0 Å². The van der Waals surface area contributed by atoms with Gasteiger partial charge in [0.05, 0.1) is 13.5 Å². The van der Waals surface area contributed by atoms with E-state index in [1.165, 1.54) is 0 Å². The van der Waals surface area contributed by atoms with Gasteiger partial charge in [-0.3, -0.25) is 4.79 Å². The third kappa shape index (κ3) is 2.93. The number of Topliss-reactive ketones (excluding diaryl/α,β-unsaturated/α-hetero) is 1. The molecule has 88 valence electrons. The van der Waals surface area contributed by atoms with Gasteiger partial charge in [-0.25, -0.2) is 4.98 Å². The molecule has 1 aromatic heterocycles. The second-order valence-corrected chi connectivity index (χ2v) is 3.74. The molecule has 0 aliphatic rings. The van der Waals surface area contributed by atoms with Crippen LogP contribution in [0.4, 0.5) is 0 Å². The largest absolute Gasteiger partial charge is 0.496 e. The monoisotopic (exact) mass is 230 g/mol. The van der Waals surface area contributed by atoms with Gasteiger partial charge in [0.25, 0.3) is 0 Å². The average molecular weight is 230 g/mol. The predicted molar refractivity (Wildman–Crippen MR) is 64.0 cm³/mol. The van der Waals surface area contributed by atoms with E-state index in [1.54, 1.807) is 19.5 Å². The highest BCUT2D eigenvalue weighted by Crippen LogP contribution is 2.18. The van der Waals surface area contributed by atoms with Gasteiger partial charge in [0.2, 0.25) is 0 Å². The molecule has 0 spiro atoms. The summed E-state index contributed by atoms with van der Waals surface area (Å²) in [5.41, 5.74) is 0.909. The number of nitrogens with one attached hydrogen (secondary N) is 1. The van der Waals surface area contributed by atoms with E-state index in [0.29, 0.717) is 18.7 Å². The van der Waals surface area contributed by atoms with Crippen molar-refractivity contribution in [2.45, 2.75) is 12.8 Å². The molecule has 4 heteroatoms. The quantitative estimate of drug-likeness (QED) is 0.851. The number of carbonyl (C=O) groups excluding carboxylic acids is 1. The topological polar surface area (TPSA) is 55.0 Å². The Kier molecular flexibility index (Phi) is 3.55. The lowest BCUT2D eigenvalue weighted by Gasteiger charge is -2.06. The molecule has 0 bridgehead atoms. The molecular weight excluding hydrogens is 216 g/mol. The lowest BCUT2D eigenvalue weighted by Crippen LogP contribution is -2.08. The number of methoxy groups -OCH3 is 1. The number of imidazole rings is 1. The number of carbonyl (C=O) groups is 1. The SMILES string of the molecule is COc1ccccc1CC(=O)Cc1ncc[nH]1. The van der Waals surface area contributed by atoms with Gasteiger partial charge in [-0.05, 0) is 6.07 Å². The number of hydrogen-bond donors (Lipinski definition) is 1. The zero-order valence-corrected chi connectivity index (χ0v) is 9.64. The molecule has 0 amide bonds. The van der Waals surface area contributed by atoms with E-state index >= 15 is 0 Å². The van der Waals surface area contributed by atoms with Crippen molar-refractivity contribution < 1.29 is 9.53 Å². The Morgan fingerprint density at radius 2 is 2.18 bits per heavy atom. The lowest BCUT2D eigenvalue weighted by molar-refractivity contribution is -0.117. The zero-order valence-electron chi connectivity index (χ0n) is 9.64. The Labute approximate surface area is 99.7 Å². The number of H-pyrrole nitrogens is 1. The maximum Gasteiger partial charge on any atom is 0.144 e. The lowest BCUT2D eigenvalue weighted by atomic mass is 10.1. The van der Waals surface area contributed by atoms with Gasteiger partial charge in [0.1, 0.15) is 17.4 Å². The maximum atomic E-state index is 11.8. The number of rotatable bonds is 5. The second-order valence-electron chi connectivity index (χ2n) is 3.74. The Morgan fingerprint density at radius 3 is 2.88 bits per heavy atom. The van der Waals surface area contributed by atoms with E-state index in [1.807, 2.05) is 24.3 Å². The van der Waals surface area contributed by atoms with Crippen LogP contribution < -0.4 is 4.74 Å². The van der Waals surface area contributed by atoms with Gasteiger partial charge in [-0.2, -0.15) is 0 Å². The first-order valence-corrected chi connectivity index (χ1v) is 5.41. The molecule has 2 aromatic rings. The van der Waals surface area contributed by atoms with Gasteiger partial charge in [-0.15, -0.1) is 0 Å². The summed E-state index contributed by atoms with van der Waals surface area (Å²) in [6.07, 6.45) is 4.05. The molecule has 0 aliphatic heterocycles. The highest BCUT2D eigenvalue weighted by atomic mass is 16.5. The third-order valence-electron chi connectivity index (χ3n) is 2.50. The van der Waals surface area contributed by atoms with Crippen LogP contribution in [0, 0.1) is 0 Å². The number of hydrogen-bond acceptors (Lipinski definition) is 3. The number of aromatic nitrogens is 2. The minimum absolute atomic E-state index is 0.115. The summed E-state index contributed by atoms with van der Waals surface area (Å²) in [5.74, 6) is 1.56. The molecular formula is C13H14N2O2. The van der Waals surface area contributed by atoms with Crippen LogP contribution >= 0.6 is 0 Å². The number of para-hydroxylation sites is 1. The summed E-state index contributed by atoms with van der Waals surface area (Å²) in [4.78, 5) is 18.8. The molecule has 2 rings (SSSR count). The molecule has 0 saturated carbocycles. The van der Waals surface area contributed by atoms with Crippen molar-refractivity contribution in [3.8, 4) is 5.75 Å². The van der Waals surface area contributed by atoms with E-state index in [9.17, 15) is 4.79 Å². The molecule has 4 nitrogen and oxygen atoms in total. The van der Waals surface area contributed by atoms with E-state index in [4.69, 9.17) is 4.74 Å². The Balaban J connectivity index is 2.03. The van der Waals surface area contributed by atoms with Crippen LogP contribution in [0.3, 0.4) is 0 Å². The molecule has 0 saturated heterocycles. The van der Waals surface area contributed by atoms with Crippen LogP contribution in [0.2, 0.25) is 0 Å². The van der Waals surface area contributed by atoms with Crippen molar-refractivity contribution in [3.05, 3.63) is 48.0 Å². The first-order valence-electron chi connectivity index (χ1n) is 5.41. The number of nitrogens with zero attached hydrogens (tertiary/aromatic N) is 1. The molecule has 17 heavy (non-hydrogen) atoms. The van der Waals surface area contributed by atoms with E-state index in [-0.39, 0.29) is 5.78 Å². The Bertz CT molecular complexity index is 492. The van der Waals surface area contributed by atoms with Crippen LogP contribution in [0.1, 0.15) is 11.4 Å².